The number of nitrogens with one attached hydrogen (secondary N) is 3. The molecule has 17 heteroatoms. The van der Waals surface area contributed by atoms with Gasteiger partial charge in [-0.3, -0.25) is 14.5 Å². The summed E-state index contributed by atoms with van der Waals surface area (Å²) in [4.78, 5) is 44.6. The Hall–Kier alpha value is -6.37. The van der Waals surface area contributed by atoms with Gasteiger partial charge < -0.3 is 20.2 Å². The molecule has 3 N–H and O–H groups in total. The summed E-state index contributed by atoms with van der Waals surface area (Å²) in [5.74, 6) is 2.22. The molecule has 2 aliphatic heterocycles. The second-order valence-corrected chi connectivity index (χ2v) is 23.2. The molecular weight excluding hydrogens is 1000 g/mol. The molecule has 75 heavy (non-hydrogen) atoms. The average molecular weight is 1070 g/mol. The van der Waals surface area contributed by atoms with Gasteiger partial charge in [0.2, 0.25) is 10.0 Å². The number of Topliss-reactive ketones (excluding diaryl/α,β-unsaturated/α-hetero) is 2. The van der Waals surface area contributed by atoms with E-state index in [0.29, 0.717) is 56.9 Å². The zero-order valence-corrected chi connectivity index (χ0v) is 44.8. The van der Waals surface area contributed by atoms with Gasteiger partial charge in [0.1, 0.15) is 23.2 Å². The molecule has 392 valence electrons. The number of benzene rings is 6. The summed E-state index contributed by atoms with van der Waals surface area (Å²) in [6.45, 7) is 9.91. The quantitative estimate of drug-likeness (QED) is 0.0738. The van der Waals surface area contributed by atoms with Crippen molar-refractivity contribution in [2.45, 2.75) is 74.2 Å². The van der Waals surface area contributed by atoms with Gasteiger partial charge in [0.05, 0.1) is 45.7 Å². The van der Waals surface area contributed by atoms with Gasteiger partial charge in [-0.25, -0.2) is 26.8 Å². The Morgan fingerprint density at radius 2 is 1.05 bits per heavy atom. The first-order valence-corrected chi connectivity index (χ1v) is 29.4. The lowest BCUT2D eigenvalue weighted by Gasteiger charge is -2.39. The van der Waals surface area contributed by atoms with Crippen LogP contribution in [0.2, 0.25) is 0 Å². The lowest BCUT2D eigenvalue weighted by atomic mass is 10.1. The second kappa shape index (κ2) is 25.9. The number of imidazole rings is 2. The Kier molecular flexibility index (Phi) is 19.0. The number of rotatable bonds is 17. The molecule has 0 saturated carbocycles. The lowest BCUT2D eigenvalue weighted by Crippen LogP contribution is -2.51. The highest BCUT2D eigenvalue weighted by Crippen LogP contribution is 2.32. The van der Waals surface area contributed by atoms with Crippen molar-refractivity contribution in [3.63, 3.8) is 0 Å². The topological polar surface area (TPSA) is 182 Å². The highest BCUT2D eigenvalue weighted by atomic mass is 35.7. The van der Waals surface area contributed by atoms with E-state index in [1.165, 1.54) is 22.9 Å². The third-order valence-electron chi connectivity index (χ3n) is 13.7. The molecule has 0 bridgehead atoms. The molecule has 0 radical (unpaired) electrons. The number of halogens is 1. The molecule has 4 heterocycles. The summed E-state index contributed by atoms with van der Waals surface area (Å²) >= 11 is 0. The molecule has 8 aromatic rings. The largest absolute Gasteiger partial charge is 0.341 e. The Labute approximate surface area is 445 Å². The minimum Gasteiger partial charge on any atom is -0.341 e. The summed E-state index contributed by atoms with van der Waals surface area (Å²) in [6, 6.07) is 45.5. The van der Waals surface area contributed by atoms with Crippen molar-refractivity contribution in [1.29, 1.82) is 0 Å². The predicted molar refractivity (Wildman–Crippen MR) is 298 cm³/mol. The van der Waals surface area contributed by atoms with Crippen molar-refractivity contribution in [2.75, 3.05) is 52.4 Å². The van der Waals surface area contributed by atoms with E-state index in [4.69, 9.17) is 10.7 Å². The van der Waals surface area contributed by atoms with E-state index in [1.807, 2.05) is 38.2 Å². The maximum atomic E-state index is 13.7. The Bertz CT molecular complexity index is 3390. The fourth-order valence-corrected chi connectivity index (χ4v) is 11.8. The third-order valence-corrected chi connectivity index (χ3v) is 16.9. The van der Waals surface area contributed by atoms with Crippen LogP contribution in [-0.4, -0.2) is 115 Å². The van der Waals surface area contributed by atoms with Crippen LogP contribution in [0.5, 0.6) is 0 Å². The molecule has 0 amide bonds. The van der Waals surface area contributed by atoms with Crippen molar-refractivity contribution in [2.24, 2.45) is 0 Å². The molecule has 6 aromatic carbocycles. The molecule has 2 aliphatic rings. The monoisotopic (exact) mass is 1070 g/mol. The van der Waals surface area contributed by atoms with Crippen LogP contribution in [-0.2, 0) is 28.7 Å². The van der Waals surface area contributed by atoms with E-state index in [9.17, 15) is 26.4 Å². The summed E-state index contributed by atoms with van der Waals surface area (Å²) < 4.78 is 50.1. The highest BCUT2D eigenvalue weighted by molar-refractivity contribution is 8.13. The maximum absolute atomic E-state index is 13.7. The van der Waals surface area contributed by atoms with E-state index < -0.39 is 25.1 Å². The van der Waals surface area contributed by atoms with E-state index in [0.717, 1.165) is 84.7 Å². The van der Waals surface area contributed by atoms with Crippen molar-refractivity contribution < 1.29 is 26.4 Å². The van der Waals surface area contributed by atoms with E-state index >= 15 is 0 Å². The minimum absolute atomic E-state index is 0.136. The predicted octanol–water partition coefficient (Wildman–Crippen LogP) is 10.6. The number of hydrogen-bond donors (Lipinski definition) is 3. The van der Waals surface area contributed by atoms with Gasteiger partial charge in [0.15, 0.2) is 0 Å². The van der Waals surface area contributed by atoms with Gasteiger partial charge >= 0.3 is 0 Å². The molecule has 0 aliphatic carbocycles. The summed E-state index contributed by atoms with van der Waals surface area (Å²) in [7, 11) is -2.21. The average Bonchev–Trinajstić information content (AvgIpc) is 4.16. The van der Waals surface area contributed by atoms with E-state index in [1.54, 1.807) is 53.0 Å². The van der Waals surface area contributed by atoms with Gasteiger partial charge in [-0.05, 0) is 83.9 Å². The standard InChI is InChI=1S/C29H32N4O3S.C23H28N4O.C6H5ClO2S/c1-2-25(34)11-8-16-32-17-18-33(37(35,36)26-12-4-3-5-13-26)28(21-32)29-30-20-27(31-29)24-15-14-22-9-6-7-10-23(22)19-24;1-2-20(28)8-5-12-27-13-11-24-22(16-27)23-25-15-21(26-23)19-10-9-17-6-3-4-7-18(17)14-19;7-10(8,9)6-4-2-1-3-5-6/h3-7,9-10,12-15,19-20,28H,2,8,11,16-18,21H2,1H3,(H,30,31);3-4,6-7,9-10,14-15,22,24H,2,5,8,11-13,16H2,1H3,(H,25,26);1-5H. The number of ketones is 2. The number of carbonyl (C=O) groups is 2. The first-order chi connectivity index (χ1) is 36.3. The molecule has 14 nitrogen and oxygen atoms in total. The number of carbonyl (C=O) groups excluding carboxylic acids is 2. The molecule has 2 unspecified atom stereocenters. The van der Waals surface area contributed by atoms with E-state index in [2.05, 4.69) is 108 Å². The molecular formula is C58H65ClN8O6S2. The first-order valence-electron chi connectivity index (χ1n) is 25.6. The summed E-state index contributed by atoms with van der Waals surface area (Å²) in [5.41, 5.74) is 4.06. The Balaban J connectivity index is 0.000000172. The molecule has 2 aromatic heterocycles. The highest BCUT2D eigenvalue weighted by Gasteiger charge is 2.38. The number of aromatic nitrogens is 4. The van der Waals surface area contributed by atoms with Crippen LogP contribution in [0.15, 0.2) is 168 Å². The lowest BCUT2D eigenvalue weighted by molar-refractivity contribution is -0.119. The van der Waals surface area contributed by atoms with Crippen LogP contribution in [0.25, 0.3) is 44.1 Å². The third kappa shape index (κ3) is 14.7. The molecule has 10 rings (SSSR count). The van der Waals surface area contributed by atoms with Gasteiger partial charge in [-0.1, -0.05) is 123 Å². The number of sulfonamides is 1. The van der Waals surface area contributed by atoms with Crippen molar-refractivity contribution >= 4 is 62.9 Å². The fourth-order valence-electron chi connectivity index (χ4n) is 9.42. The smallest absolute Gasteiger partial charge is 0.261 e. The van der Waals surface area contributed by atoms with Crippen LogP contribution >= 0.6 is 10.7 Å². The molecule has 0 spiro atoms. The Morgan fingerprint density at radius 3 is 1.57 bits per heavy atom. The van der Waals surface area contributed by atoms with Crippen LogP contribution in [0.3, 0.4) is 0 Å². The normalized spacial score (nSPS) is 16.7. The minimum atomic E-state index is -3.71. The second-order valence-electron chi connectivity index (χ2n) is 18.8. The number of fused-ring (bicyclic) bond motifs is 2. The van der Waals surface area contributed by atoms with Crippen LogP contribution in [0.4, 0.5) is 0 Å². The number of piperazine rings is 2. The molecule has 2 atom stereocenters. The van der Waals surface area contributed by atoms with Crippen LogP contribution < -0.4 is 5.32 Å². The van der Waals surface area contributed by atoms with E-state index in [-0.39, 0.29) is 21.6 Å². The number of H-pyrrole nitrogens is 2. The SMILES string of the molecule is CCC(=O)CCCN1CCN(S(=O)(=O)c2ccccc2)C(c2ncc(-c3ccc4ccccc4c3)[nH]2)C1.CCC(=O)CCCN1CCNC(c2ncc(-c3ccc4ccccc4c3)[nH]2)C1.O=S(=O)(Cl)c1ccccc1. The first kappa shape index (κ1) is 54.9. The van der Waals surface area contributed by atoms with Gasteiger partial charge in [0.25, 0.3) is 9.05 Å². The zero-order chi connectivity index (χ0) is 52.8. The zero-order valence-electron chi connectivity index (χ0n) is 42.4. The van der Waals surface area contributed by atoms with Gasteiger partial charge in [-0.15, -0.1) is 0 Å². The maximum Gasteiger partial charge on any atom is 0.261 e. The summed E-state index contributed by atoms with van der Waals surface area (Å²) in [6.07, 6.45) is 7.87. The molecule has 2 fully saturated rings. The number of nitrogens with zero attached hydrogens (tertiary/aromatic N) is 5. The number of hydrogen-bond acceptors (Lipinski definition) is 11. The fraction of sp³-hybridized carbons (Fsp3) is 0.310. The van der Waals surface area contributed by atoms with Gasteiger partial charge in [-0.2, -0.15) is 4.31 Å². The number of aromatic amines is 2. The van der Waals surface area contributed by atoms with Crippen LogP contribution in [0.1, 0.15) is 76.1 Å². The molecule has 2 saturated heterocycles. The van der Waals surface area contributed by atoms with Crippen LogP contribution in [0, 0.1) is 0 Å². The van der Waals surface area contributed by atoms with Crippen molar-refractivity contribution in [3.8, 4) is 22.5 Å². The van der Waals surface area contributed by atoms with Gasteiger partial charge in [0, 0.05) is 86.8 Å². The van der Waals surface area contributed by atoms with Crippen molar-refractivity contribution in [1.82, 2.24) is 39.4 Å². The van der Waals surface area contributed by atoms with Crippen molar-refractivity contribution in [3.05, 3.63) is 170 Å². The Morgan fingerprint density at radius 1 is 0.573 bits per heavy atom. The summed E-state index contributed by atoms with van der Waals surface area (Å²) in [5, 5.41) is 8.35.